The third-order valence-corrected chi connectivity index (χ3v) is 4.20. The van der Waals surface area contributed by atoms with Crippen LogP contribution < -0.4 is 0 Å². The maximum atomic E-state index is 11.6. The molecule has 110 valence electrons. The van der Waals surface area contributed by atoms with E-state index in [2.05, 4.69) is 0 Å². The second-order valence-electron chi connectivity index (χ2n) is 4.78. The van der Waals surface area contributed by atoms with Crippen molar-refractivity contribution in [1.82, 2.24) is 5.06 Å². The number of hydroxylamine groups is 2. The van der Waals surface area contributed by atoms with Gasteiger partial charge >= 0.3 is 11.9 Å². The summed E-state index contributed by atoms with van der Waals surface area (Å²) in [6.45, 7) is 0.475. The van der Waals surface area contributed by atoms with Gasteiger partial charge in [-0.2, -0.15) is 0 Å². The minimum absolute atomic E-state index is 0.136. The molecule has 2 aliphatic rings. The lowest BCUT2D eigenvalue weighted by atomic mass is 9.97. The second-order valence-corrected chi connectivity index (χ2v) is 5.59. The van der Waals surface area contributed by atoms with Crippen molar-refractivity contribution in [3.63, 3.8) is 0 Å². The fourth-order valence-electron chi connectivity index (χ4n) is 2.49. The number of rotatable bonds is 1. The SMILES string of the molecule is O=C1/C=C/C(=O)ON2CCC(c3ccc(Cl)c(Cl)c3)C2O1. The van der Waals surface area contributed by atoms with E-state index >= 15 is 0 Å². The minimum atomic E-state index is -0.663. The Labute approximate surface area is 131 Å². The number of halogens is 2. The van der Waals surface area contributed by atoms with Gasteiger partial charge in [0.05, 0.1) is 10.0 Å². The Bertz CT molecular complexity index is 631. The van der Waals surface area contributed by atoms with Gasteiger partial charge in [0, 0.05) is 24.6 Å². The third-order valence-electron chi connectivity index (χ3n) is 3.46. The Kier molecular flexibility index (Phi) is 3.89. The molecule has 1 aromatic carbocycles. The van der Waals surface area contributed by atoms with Gasteiger partial charge in [0.2, 0.25) is 0 Å². The van der Waals surface area contributed by atoms with E-state index in [-0.39, 0.29) is 5.92 Å². The summed E-state index contributed by atoms with van der Waals surface area (Å²) in [6.07, 6.45) is 2.11. The molecule has 2 atom stereocenters. The lowest BCUT2D eigenvalue weighted by Crippen LogP contribution is -2.38. The van der Waals surface area contributed by atoms with E-state index in [1.54, 1.807) is 12.1 Å². The first-order valence-corrected chi connectivity index (χ1v) is 7.12. The molecule has 7 heteroatoms. The van der Waals surface area contributed by atoms with Crippen LogP contribution in [-0.4, -0.2) is 29.8 Å². The van der Waals surface area contributed by atoms with Crippen molar-refractivity contribution < 1.29 is 19.2 Å². The number of carbonyl (C=O) groups excluding carboxylic acids is 2. The van der Waals surface area contributed by atoms with Crippen molar-refractivity contribution in [2.45, 2.75) is 18.6 Å². The van der Waals surface area contributed by atoms with Crippen LogP contribution in [0.1, 0.15) is 17.9 Å². The van der Waals surface area contributed by atoms with Crippen molar-refractivity contribution in [1.29, 1.82) is 0 Å². The molecule has 0 bridgehead atoms. The molecule has 2 heterocycles. The standard InChI is InChI=1S/C14H11Cl2NO4/c15-10-2-1-8(7-11(10)16)9-5-6-17-14(9)20-12(18)3-4-13(19)21-17/h1-4,7,9,14H,5-6H2/b4-3+. The highest BCUT2D eigenvalue weighted by molar-refractivity contribution is 6.42. The molecule has 21 heavy (non-hydrogen) atoms. The second kappa shape index (κ2) is 5.67. The van der Waals surface area contributed by atoms with Gasteiger partial charge in [-0.15, -0.1) is 0 Å². The maximum absolute atomic E-state index is 11.6. The van der Waals surface area contributed by atoms with Gasteiger partial charge in [-0.25, -0.2) is 9.59 Å². The number of nitrogens with zero attached hydrogens (tertiary/aromatic N) is 1. The summed E-state index contributed by atoms with van der Waals surface area (Å²) in [7, 11) is 0. The van der Waals surface area contributed by atoms with E-state index in [0.29, 0.717) is 23.0 Å². The average Bonchev–Trinajstić information content (AvgIpc) is 2.80. The van der Waals surface area contributed by atoms with Crippen molar-refractivity contribution >= 4 is 35.1 Å². The van der Waals surface area contributed by atoms with Gasteiger partial charge < -0.3 is 9.57 Å². The van der Waals surface area contributed by atoms with Crippen LogP contribution in [0.3, 0.4) is 0 Å². The highest BCUT2D eigenvalue weighted by atomic mass is 35.5. The first-order valence-electron chi connectivity index (χ1n) is 6.37. The zero-order chi connectivity index (χ0) is 15.0. The quantitative estimate of drug-likeness (QED) is 0.742. The Morgan fingerprint density at radius 2 is 1.86 bits per heavy atom. The number of hydrogen-bond acceptors (Lipinski definition) is 5. The van der Waals surface area contributed by atoms with Gasteiger partial charge in [-0.3, -0.25) is 0 Å². The molecule has 2 aliphatic heterocycles. The van der Waals surface area contributed by atoms with E-state index in [4.69, 9.17) is 32.8 Å². The number of ether oxygens (including phenoxy) is 1. The predicted molar refractivity (Wildman–Crippen MR) is 75.6 cm³/mol. The van der Waals surface area contributed by atoms with Crippen LogP contribution >= 0.6 is 23.2 Å². The predicted octanol–water partition coefficient (Wildman–Crippen LogP) is 2.68. The van der Waals surface area contributed by atoms with E-state index in [0.717, 1.165) is 17.7 Å². The van der Waals surface area contributed by atoms with E-state index in [1.165, 1.54) is 5.06 Å². The molecule has 0 aromatic heterocycles. The molecule has 0 aliphatic carbocycles. The van der Waals surface area contributed by atoms with E-state index < -0.39 is 18.2 Å². The highest BCUT2D eigenvalue weighted by Crippen LogP contribution is 2.37. The molecule has 3 rings (SSSR count). The number of carbonyl (C=O) groups is 2. The topological polar surface area (TPSA) is 55.8 Å². The van der Waals surface area contributed by atoms with Crippen LogP contribution in [0.25, 0.3) is 0 Å². The van der Waals surface area contributed by atoms with Gasteiger partial charge in [-0.1, -0.05) is 34.3 Å². The number of esters is 1. The van der Waals surface area contributed by atoms with Crippen LogP contribution in [-0.2, 0) is 19.2 Å². The van der Waals surface area contributed by atoms with Crippen LogP contribution in [0.2, 0.25) is 10.0 Å². The first-order chi connectivity index (χ1) is 10.0. The van der Waals surface area contributed by atoms with Crippen LogP contribution in [0.15, 0.2) is 30.4 Å². The summed E-state index contributed by atoms with van der Waals surface area (Å²) in [4.78, 5) is 28.2. The van der Waals surface area contributed by atoms with Gasteiger partial charge in [0.1, 0.15) is 0 Å². The summed E-state index contributed by atoms with van der Waals surface area (Å²) < 4.78 is 5.35. The zero-order valence-corrected chi connectivity index (χ0v) is 12.3. The lowest BCUT2D eigenvalue weighted by molar-refractivity contribution is -0.227. The fourth-order valence-corrected chi connectivity index (χ4v) is 2.80. The molecule has 1 aromatic rings. The summed E-state index contributed by atoms with van der Waals surface area (Å²) in [5.74, 6) is -1.30. The van der Waals surface area contributed by atoms with Crippen molar-refractivity contribution in [3.05, 3.63) is 46.0 Å². The molecule has 0 spiro atoms. The number of hydrogen-bond donors (Lipinski definition) is 0. The van der Waals surface area contributed by atoms with Gasteiger partial charge in [0.25, 0.3) is 0 Å². The van der Waals surface area contributed by atoms with Crippen LogP contribution in [0, 0.1) is 0 Å². The van der Waals surface area contributed by atoms with Crippen molar-refractivity contribution in [3.8, 4) is 0 Å². The molecule has 2 unspecified atom stereocenters. The molecule has 0 radical (unpaired) electrons. The van der Waals surface area contributed by atoms with Crippen molar-refractivity contribution in [2.75, 3.05) is 6.54 Å². The third kappa shape index (κ3) is 2.90. The van der Waals surface area contributed by atoms with Gasteiger partial charge in [0.15, 0.2) is 6.23 Å². The van der Waals surface area contributed by atoms with Crippen LogP contribution in [0.4, 0.5) is 0 Å². The first kappa shape index (κ1) is 14.4. The molecule has 1 fully saturated rings. The zero-order valence-electron chi connectivity index (χ0n) is 10.8. The monoisotopic (exact) mass is 327 g/mol. The summed E-state index contributed by atoms with van der Waals surface area (Å²) in [6, 6.07) is 5.26. The Morgan fingerprint density at radius 3 is 2.62 bits per heavy atom. The lowest BCUT2D eigenvalue weighted by Gasteiger charge is -2.27. The minimum Gasteiger partial charge on any atom is -0.439 e. The molecule has 0 amide bonds. The fraction of sp³-hybridized carbons (Fsp3) is 0.286. The Hall–Kier alpha value is -1.56. The van der Waals surface area contributed by atoms with E-state index in [1.807, 2.05) is 6.07 Å². The highest BCUT2D eigenvalue weighted by Gasteiger charge is 2.41. The number of fused-ring (bicyclic) bond motifs is 1. The summed E-state index contributed by atoms with van der Waals surface area (Å²) in [5.41, 5.74) is 0.880. The average molecular weight is 328 g/mol. The largest absolute Gasteiger partial charge is 0.439 e. The maximum Gasteiger partial charge on any atom is 0.350 e. The molecular formula is C14H11Cl2NO4. The van der Waals surface area contributed by atoms with Gasteiger partial charge in [-0.05, 0) is 24.1 Å². The Morgan fingerprint density at radius 1 is 1.10 bits per heavy atom. The summed E-state index contributed by atoms with van der Waals surface area (Å²) >= 11 is 11.9. The molecule has 5 nitrogen and oxygen atoms in total. The summed E-state index contributed by atoms with van der Waals surface area (Å²) in [5, 5.41) is 2.28. The number of benzene rings is 1. The smallest absolute Gasteiger partial charge is 0.350 e. The van der Waals surface area contributed by atoms with E-state index in [9.17, 15) is 9.59 Å². The molecule has 0 N–H and O–H groups in total. The Balaban J connectivity index is 1.90. The van der Waals surface area contributed by atoms with Crippen molar-refractivity contribution in [2.24, 2.45) is 0 Å². The molecule has 0 saturated carbocycles. The molecule has 1 saturated heterocycles. The van der Waals surface area contributed by atoms with Crippen LogP contribution in [0.5, 0.6) is 0 Å². The molecular weight excluding hydrogens is 317 g/mol. The normalized spacial score (nSPS) is 27.3.